The second kappa shape index (κ2) is 21.2. The van der Waals surface area contributed by atoms with Crippen molar-refractivity contribution in [1.82, 2.24) is 9.80 Å². The van der Waals surface area contributed by atoms with E-state index in [-0.39, 0.29) is 76.1 Å². The molecule has 0 aliphatic heterocycles. The summed E-state index contributed by atoms with van der Waals surface area (Å²) in [6.07, 6.45) is 0. The molecule has 0 amide bonds. The SMILES string of the molecule is O.O.O.O=C([O-])CN(CCN(CC(=O)[O-])CC(=O)[O-])CC(=O)[O-].[Fe].[Na+]. The Bertz CT molecular complexity index is 331. The first kappa shape index (κ1) is 39.3. The van der Waals surface area contributed by atoms with Gasteiger partial charge in [0.05, 0.1) is 23.9 Å². The molecule has 0 radical (unpaired) electrons. The fourth-order valence-electron chi connectivity index (χ4n) is 1.44. The summed E-state index contributed by atoms with van der Waals surface area (Å²) in [5.41, 5.74) is 0. The number of carboxylic acids is 4. The van der Waals surface area contributed by atoms with Crippen LogP contribution in [0.5, 0.6) is 0 Å². The van der Waals surface area contributed by atoms with E-state index >= 15 is 0 Å². The maximum atomic E-state index is 10.4. The van der Waals surface area contributed by atoms with Crippen molar-refractivity contribution in [3.05, 3.63) is 0 Å². The average Bonchev–Trinajstić information content (AvgIpc) is 2.22. The summed E-state index contributed by atoms with van der Waals surface area (Å²) in [7, 11) is 0. The van der Waals surface area contributed by atoms with E-state index in [1.807, 2.05) is 0 Å². The van der Waals surface area contributed by atoms with Gasteiger partial charge < -0.3 is 56.0 Å². The molecule has 0 fully saturated rings. The van der Waals surface area contributed by atoms with E-state index in [1.54, 1.807) is 0 Å². The van der Waals surface area contributed by atoms with Crippen LogP contribution in [-0.2, 0) is 36.2 Å². The molecule has 13 nitrogen and oxygen atoms in total. The molecule has 15 heteroatoms. The first-order valence-corrected chi connectivity index (χ1v) is 5.44. The summed E-state index contributed by atoms with van der Waals surface area (Å²) in [6, 6.07) is 0. The zero-order valence-corrected chi connectivity index (χ0v) is 16.4. The van der Waals surface area contributed by atoms with Gasteiger partial charge in [-0.25, -0.2) is 0 Å². The Kier molecular flexibility index (Phi) is 33.4. The second-order valence-electron chi connectivity index (χ2n) is 3.91. The molecule has 0 atom stereocenters. The molecule has 0 bridgehead atoms. The van der Waals surface area contributed by atoms with Crippen LogP contribution in [0.4, 0.5) is 0 Å². The molecule has 0 rings (SSSR count). The molecule has 146 valence electrons. The number of hydrogen-bond donors (Lipinski definition) is 0. The zero-order chi connectivity index (χ0) is 15.7. The summed E-state index contributed by atoms with van der Waals surface area (Å²) in [5, 5.41) is 41.6. The van der Waals surface area contributed by atoms with Crippen LogP contribution in [0.15, 0.2) is 0 Å². The smallest absolute Gasteiger partial charge is 0.549 e. The number of nitrogens with zero attached hydrogens (tertiary/aromatic N) is 2. The molecule has 0 saturated carbocycles. The summed E-state index contributed by atoms with van der Waals surface area (Å²) in [6.45, 7) is -3.25. The number of rotatable bonds is 11. The first-order valence-electron chi connectivity index (χ1n) is 5.44. The molecule has 0 aromatic carbocycles. The van der Waals surface area contributed by atoms with Crippen molar-refractivity contribution < 1.29 is 103 Å². The van der Waals surface area contributed by atoms with Crippen LogP contribution in [0.25, 0.3) is 0 Å². The van der Waals surface area contributed by atoms with Gasteiger partial charge in [0.15, 0.2) is 0 Å². The van der Waals surface area contributed by atoms with Crippen molar-refractivity contribution in [2.45, 2.75) is 0 Å². The quantitative estimate of drug-likeness (QED) is 0.284. The third-order valence-corrected chi connectivity index (χ3v) is 2.14. The van der Waals surface area contributed by atoms with Gasteiger partial charge in [-0.1, -0.05) is 0 Å². The van der Waals surface area contributed by atoms with Crippen LogP contribution in [-0.4, -0.2) is 89.4 Å². The monoisotopic (exact) mass is 421 g/mol. The van der Waals surface area contributed by atoms with Crippen LogP contribution >= 0.6 is 0 Å². The number of carbonyl (C=O) groups excluding carboxylic acids is 4. The van der Waals surface area contributed by atoms with E-state index in [4.69, 9.17) is 0 Å². The van der Waals surface area contributed by atoms with E-state index in [0.29, 0.717) is 0 Å². The second-order valence-corrected chi connectivity index (χ2v) is 3.91. The van der Waals surface area contributed by atoms with Crippen molar-refractivity contribution in [2.75, 3.05) is 39.3 Å². The molecule has 0 aromatic heterocycles. The molecule has 25 heavy (non-hydrogen) atoms. The van der Waals surface area contributed by atoms with E-state index < -0.39 is 50.1 Å². The topological polar surface area (TPSA) is 262 Å². The largest absolute Gasteiger partial charge is 1.00 e. The first-order chi connectivity index (χ1) is 9.20. The van der Waals surface area contributed by atoms with Gasteiger partial charge in [-0.3, -0.25) is 9.80 Å². The van der Waals surface area contributed by atoms with E-state index in [0.717, 1.165) is 9.80 Å². The summed E-state index contributed by atoms with van der Waals surface area (Å²) < 4.78 is 0. The zero-order valence-electron chi connectivity index (χ0n) is 13.3. The maximum Gasteiger partial charge on any atom is 1.00 e. The van der Waals surface area contributed by atoms with Crippen LogP contribution < -0.4 is 50.0 Å². The number of aliphatic carboxylic acids is 4. The number of carboxylic acid groups (broad SMARTS) is 4. The molecule has 6 N–H and O–H groups in total. The van der Waals surface area contributed by atoms with Crippen LogP contribution in [0, 0.1) is 0 Å². The average molecular weight is 421 g/mol. The molecule has 0 aliphatic rings. The van der Waals surface area contributed by atoms with E-state index in [9.17, 15) is 39.6 Å². The molecule has 0 heterocycles. The van der Waals surface area contributed by atoms with Gasteiger partial charge in [0.1, 0.15) is 0 Å². The van der Waals surface area contributed by atoms with Gasteiger partial charge in [0.25, 0.3) is 0 Å². The van der Waals surface area contributed by atoms with Crippen LogP contribution in [0.2, 0.25) is 0 Å². The fraction of sp³-hybridized carbons (Fsp3) is 0.600. The molecule has 0 unspecified atom stereocenters. The number of carbonyl (C=O) groups is 4. The molecule has 0 saturated heterocycles. The van der Waals surface area contributed by atoms with Gasteiger partial charge in [-0.05, 0) is 0 Å². The number of hydrogen-bond acceptors (Lipinski definition) is 10. The van der Waals surface area contributed by atoms with Gasteiger partial charge >= 0.3 is 29.6 Å². The minimum Gasteiger partial charge on any atom is -0.549 e. The van der Waals surface area contributed by atoms with Crippen molar-refractivity contribution >= 4 is 23.9 Å². The fourth-order valence-corrected chi connectivity index (χ4v) is 1.44. The Labute approximate surface area is 175 Å². The Morgan fingerprint density at radius 3 is 0.840 bits per heavy atom. The van der Waals surface area contributed by atoms with Crippen LogP contribution in [0.1, 0.15) is 0 Å². The third kappa shape index (κ3) is 25.6. The van der Waals surface area contributed by atoms with Gasteiger partial charge in [0.2, 0.25) is 0 Å². The van der Waals surface area contributed by atoms with Crippen molar-refractivity contribution in [2.24, 2.45) is 0 Å². The summed E-state index contributed by atoms with van der Waals surface area (Å²) in [5.74, 6) is -6.12. The molecule has 0 aliphatic carbocycles. The Balaban J connectivity index is -0.000000180. The summed E-state index contributed by atoms with van der Waals surface area (Å²) >= 11 is 0. The molecular formula is C10H18FeN2NaO11-3. The molecule has 0 aromatic rings. The van der Waals surface area contributed by atoms with Crippen LogP contribution in [0.3, 0.4) is 0 Å². The van der Waals surface area contributed by atoms with Gasteiger partial charge in [-0.2, -0.15) is 0 Å². The molecule has 0 spiro atoms. The maximum absolute atomic E-state index is 10.4. The van der Waals surface area contributed by atoms with Gasteiger partial charge in [-0.15, -0.1) is 0 Å². The minimum absolute atomic E-state index is 0. The Morgan fingerprint density at radius 2 is 0.720 bits per heavy atom. The molecular weight excluding hydrogens is 403 g/mol. The predicted molar refractivity (Wildman–Crippen MR) is 63.7 cm³/mol. The van der Waals surface area contributed by atoms with E-state index in [2.05, 4.69) is 0 Å². The van der Waals surface area contributed by atoms with Crippen molar-refractivity contribution in [3.63, 3.8) is 0 Å². The third-order valence-electron chi connectivity index (χ3n) is 2.14. The standard InChI is InChI=1S/C10H16N2O8.Fe.Na.3H2O/c13-7(14)3-11(4-8(15)16)1-2-12(5-9(17)18)6-10(19)20;;;;;/h1-6H2,(H,13,14)(H,15,16)(H,17,18)(H,19,20);;;3*1H2/q;;+1;;;/p-4. The van der Waals surface area contributed by atoms with E-state index in [1.165, 1.54) is 0 Å². The van der Waals surface area contributed by atoms with Gasteiger partial charge in [0, 0.05) is 56.3 Å². The Hall–Kier alpha value is -0.801. The summed E-state index contributed by atoms with van der Waals surface area (Å²) in [4.78, 5) is 43.4. The van der Waals surface area contributed by atoms with Crippen molar-refractivity contribution in [3.8, 4) is 0 Å². The predicted octanol–water partition coefficient (Wildman–Crippen LogP) is -12.9. The normalized spacial score (nSPS) is 8.56. The minimum atomic E-state index is -1.53. The van der Waals surface area contributed by atoms with Crippen molar-refractivity contribution in [1.29, 1.82) is 0 Å². The Morgan fingerprint density at radius 1 is 0.560 bits per heavy atom.